The number of para-hydroxylation sites is 1. The van der Waals surface area contributed by atoms with Crippen molar-refractivity contribution in [3.63, 3.8) is 0 Å². The van der Waals surface area contributed by atoms with Gasteiger partial charge in [-0.3, -0.25) is 4.90 Å². The highest BCUT2D eigenvalue weighted by molar-refractivity contribution is 5.51. The van der Waals surface area contributed by atoms with Crippen molar-refractivity contribution >= 4 is 5.69 Å². The quantitative estimate of drug-likeness (QED) is 0.798. The molecule has 1 aliphatic rings. The standard InChI is InChI=1S/C22H30N2O/c1-18(11-12-19-7-3-2-4-8-19)23-22-10-6-5-9-20(22)17-24-15-13-21(25)14-16-24/h2-10,18,21,23,25H,11-17H2,1H3. The van der Waals surface area contributed by atoms with Crippen LogP contribution in [0.15, 0.2) is 54.6 Å². The van der Waals surface area contributed by atoms with Crippen molar-refractivity contribution in [2.75, 3.05) is 18.4 Å². The van der Waals surface area contributed by atoms with Gasteiger partial charge in [0.2, 0.25) is 0 Å². The minimum absolute atomic E-state index is 0.109. The van der Waals surface area contributed by atoms with Crippen molar-refractivity contribution in [1.29, 1.82) is 0 Å². The third-order valence-corrected chi connectivity index (χ3v) is 5.08. The molecule has 1 atom stereocenters. The fourth-order valence-corrected chi connectivity index (χ4v) is 3.48. The minimum Gasteiger partial charge on any atom is -0.393 e. The first-order valence-electron chi connectivity index (χ1n) is 9.49. The summed E-state index contributed by atoms with van der Waals surface area (Å²) >= 11 is 0. The number of rotatable bonds is 7. The lowest BCUT2D eigenvalue weighted by molar-refractivity contribution is 0.0793. The zero-order valence-corrected chi connectivity index (χ0v) is 15.2. The van der Waals surface area contributed by atoms with Gasteiger partial charge in [-0.25, -0.2) is 0 Å². The van der Waals surface area contributed by atoms with Crippen molar-refractivity contribution in [2.45, 2.75) is 51.3 Å². The van der Waals surface area contributed by atoms with Crippen LogP contribution < -0.4 is 5.32 Å². The molecule has 2 N–H and O–H groups in total. The molecule has 2 aromatic carbocycles. The number of aryl methyl sites for hydroxylation is 1. The molecule has 0 aromatic heterocycles. The monoisotopic (exact) mass is 338 g/mol. The van der Waals surface area contributed by atoms with E-state index in [-0.39, 0.29) is 6.10 Å². The molecule has 3 rings (SSSR count). The number of hydrogen-bond donors (Lipinski definition) is 2. The summed E-state index contributed by atoms with van der Waals surface area (Å²) in [7, 11) is 0. The van der Waals surface area contributed by atoms with E-state index in [1.54, 1.807) is 0 Å². The van der Waals surface area contributed by atoms with Gasteiger partial charge in [0.05, 0.1) is 6.10 Å². The zero-order chi connectivity index (χ0) is 17.5. The van der Waals surface area contributed by atoms with Crippen LogP contribution in [0, 0.1) is 0 Å². The van der Waals surface area contributed by atoms with Crippen LogP contribution in [0.4, 0.5) is 5.69 Å². The van der Waals surface area contributed by atoms with E-state index in [2.05, 4.69) is 71.7 Å². The van der Waals surface area contributed by atoms with Gasteiger partial charge in [-0.2, -0.15) is 0 Å². The van der Waals surface area contributed by atoms with Gasteiger partial charge >= 0.3 is 0 Å². The molecular weight excluding hydrogens is 308 g/mol. The van der Waals surface area contributed by atoms with E-state index in [4.69, 9.17) is 0 Å². The van der Waals surface area contributed by atoms with E-state index in [9.17, 15) is 5.11 Å². The third-order valence-electron chi connectivity index (χ3n) is 5.08. The molecule has 2 aromatic rings. The SMILES string of the molecule is CC(CCc1ccccc1)Nc1ccccc1CN1CCC(O)CC1. The predicted octanol–water partition coefficient (Wildman–Crippen LogP) is 4.08. The molecule has 134 valence electrons. The van der Waals surface area contributed by atoms with Crippen molar-refractivity contribution in [3.05, 3.63) is 65.7 Å². The third kappa shape index (κ3) is 5.58. The predicted molar refractivity (Wildman–Crippen MR) is 105 cm³/mol. The van der Waals surface area contributed by atoms with E-state index < -0.39 is 0 Å². The second-order valence-electron chi connectivity index (χ2n) is 7.23. The molecule has 3 heteroatoms. The normalized spacial score (nSPS) is 17.4. The lowest BCUT2D eigenvalue weighted by atomic mass is 10.0. The summed E-state index contributed by atoms with van der Waals surface area (Å²) in [5.74, 6) is 0. The number of likely N-dealkylation sites (tertiary alicyclic amines) is 1. The number of piperidine rings is 1. The first-order valence-corrected chi connectivity index (χ1v) is 9.49. The summed E-state index contributed by atoms with van der Waals surface area (Å²) in [6.07, 6.45) is 3.89. The van der Waals surface area contributed by atoms with Crippen molar-refractivity contribution < 1.29 is 5.11 Å². The number of anilines is 1. The molecular formula is C22H30N2O. The Kier molecular flexibility index (Phi) is 6.48. The molecule has 0 spiro atoms. The Morgan fingerprint density at radius 2 is 1.72 bits per heavy atom. The van der Waals surface area contributed by atoms with Gasteiger partial charge in [-0.15, -0.1) is 0 Å². The Labute approximate surface area is 151 Å². The molecule has 0 radical (unpaired) electrons. The topological polar surface area (TPSA) is 35.5 Å². The Morgan fingerprint density at radius 3 is 2.48 bits per heavy atom. The molecule has 1 fully saturated rings. The molecule has 0 saturated carbocycles. The molecule has 1 heterocycles. The molecule has 25 heavy (non-hydrogen) atoms. The van der Waals surface area contributed by atoms with Gasteiger partial charge in [-0.1, -0.05) is 48.5 Å². The van der Waals surface area contributed by atoms with Crippen LogP contribution in [0.1, 0.15) is 37.3 Å². The van der Waals surface area contributed by atoms with Crippen LogP contribution in [0.25, 0.3) is 0 Å². The highest BCUT2D eigenvalue weighted by atomic mass is 16.3. The van der Waals surface area contributed by atoms with Crippen LogP contribution in [0.2, 0.25) is 0 Å². The second kappa shape index (κ2) is 9.02. The molecule has 1 unspecified atom stereocenters. The largest absolute Gasteiger partial charge is 0.393 e. The van der Waals surface area contributed by atoms with Gasteiger partial charge in [0.25, 0.3) is 0 Å². The van der Waals surface area contributed by atoms with E-state index >= 15 is 0 Å². The highest BCUT2D eigenvalue weighted by Crippen LogP contribution is 2.21. The average Bonchev–Trinajstić information content (AvgIpc) is 2.64. The van der Waals surface area contributed by atoms with E-state index in [0.29, 0.717) is 6.04 Å². The summed E-state index contributed by atoms with van der Waals surface area (Å²) < 4.78 is 0. The van der Waals surface area contributed by atoms with E-state index in [0.717, 1.165) is 45.3 Å². The van der Waals surface area contributed by atoms with Crippen LogP contribution in [-0.2, 0) is 13.0 Å². The number of benzene rings is 2. The van der Waals surface area contributed by atoms with Gasteiger partial charge in [0.1, 0.15) is 0 Å². The zero-order valence-electron chi connectivity index (χ0n) is 15.2. The number of hydrogen-bond acceptors (Lipinski definition) is 3. The molecule has 1 aliphatic heterocycles. The summed E-state index contributed by atoms with van der Waals surface area (Å²) in [6.45, 7) is 5.19. The van der Waals surface area contributed by atoms with Crippen LogP contribution in [-0.4, -0.2) is 35.2 Å². The fraction of sp³-hybridized carbons (Fsp3) is 0.455. The van der Waals surface area contributed by atoms with Gasteiger partial charge in [0.15, 0.2) is 0 Å². The highest BCUT2D eigenvalue weighted by Gasteiger charge is 2.18. The molecule has 0 bridgehead atoms. The lowest BCUT2D eigenvalue weighted by Gasteiger charge is -2.30. The Balaban J connectivity index is 1.55. The summed E-state index contributed by atoms with van der Waals surface area (Å²) in [6, 6.07) is 19.8. The van der Waals surface area contributed by atoms with Crippen LogP contribution in [0.3, 0.4) is 0 Å². The van der Waals surface area contributed by atoms with Gasteiger partial charge in [0, 0.05) is 31.4 Å². The summed E-state index contributed by atoms with van der Waals surface area (Å²) in [4.78, 5) is 2.45. The second-order valence-corrected chi connectivity index (χ2v) is 7.23. The Hall–Kier alpha value is -1.84. The van der Waals surface area contributed by atoms with Gasteiger partial charge in [-0.05, 0) is 49.8 Å². The summed E-state index contributed by atoms with van der Waals surface area (Å²) in [5.41, 5.74) is 4.00. The number of nitrogens with one attached hydrogen (secondary N) is 1. The lowest BCUT2D eigenvalue weighted by Crippen LogP contribution is -2.35. The molecule has 3 nitrogen and oxygen atoms in total. The number of aliphatic hydroxyl groups excluding tert-OH is 1. The maximum absolute atomic E-state index is 9.68. The van der Waals surface area contributed by atoms with Crippen LogP contribution >= 0.6 is 0 Å². The first-order chi connectivity index (χ1) is 12.2. The number of aliphatic hydroxyl groups is 1. The van der Waals surface area contributed by atoms with Crippen LogP contribution in [0.5, 0.6) is 0 Å². The Bertz CT molecular complexity index is 635. The first kappa shape index (κ1) is 18.0. The maximum Gasteiger partial charge on any atom is 0.0564 e. The minimum atomic E-state index is -0.109. The van der Waals surface area contributed by atoms with Crippen molar-refractivity contribution in [2.24, 2.45) is 0 Å². The fourth-order valence-electron chi connectivity index (χ4n) is 3.48. The number of nitrogens with zero attached hydrogens (tertiary/aromatic N) is 1. The molecule has 1 saturated heterocycles. The summed E-state index contributed by atoms with van der Waals surface area (Å²) in [5, 5.41) is 13.4. The molecule has 0 aliphatic carbocycles. The van der Waals surface area contributed by atoms with E-state index in [1.807, 2.05) is 0 Å². The maximum atomic E-state index is 9.68. The van der Waals surface area contributed by atoms with Gasteiger partial charge < -0.3 is 10.4 Å². The Morgan fingerprint density at radius 1 is 1.04 bits per heavy atom. The smallest absolute Gasteiger partial charge is 0.0564 e. The molecule has 0 amide bonds. The van der Waals surface area contributed by atoms with Crippen molar-refractivity contribution in [3.8, 4) is 0 Å². The van der Waals surface area contributed by atoms with Crippen molar-refractivity contribution in [1.82, 2.24) is 4.90 Å². The van der Waals surface area contributed by atoms with E-state index in [1.165, 1.54) is 16.8 Å². The average molecular weight is 338 g/mol.